The van der Waals surface area contributed by atoms with Gasteiger partial charge in [0.1, 0.15) is 0 Å². The van der Waals surface area contributed by atoms with Crippen LogP contribution >= 0.6 is 0 Å². The number of amides is 1. The summed E-state index contributed by atoms with van der Waals surface area (Å²) in [5, 5.41) is 3.49. The molecule has 1 amide bonds. The molecule has 0 unspecified atom stereocenters. The fraction of sp³-hybridized carbons (Fsp3) is 0.550. The lowest BCUT2D eigenvalue weighted by Crippen LogP contribution is -2.33. The zero-order chi connectivity index (χ0) is 18.8. The molecule has 144 valence electrons. The molecule has 1 fully saturated rings. The van der Waals surface area contributed by atoms with Gasteiger partial charge in [0, 0.05) is 43.1 Å². The van der Waals surface area contributed by atoms with Crippen LogP contribution in [0, 0.1) is 0 Å². The number of pyridine rings is 1. The zero-order valence-electron chi connectivity index (χ0n) is 16.0. The second kappa shape index (κ2) is 7.68. The maximum atomic E-state index is 12.9. The average Bonchev–Trinajstić information content (AvgIpc) is 3.41. The number of rotatable bonds is 7. The van der Waals surface area contributed by atoms with Crippen LogP contribution in [0.5, 0.6) is 5.88 Å². The molecule has 1 aliphatic heterocycles. The topological polar surface area (TPSA) is 72.3 Å². The molecule has 7 heteroatoms. The van der Waals surface area contributed by atoms with Crippen LogP contribution in [-0.4, -0.2) is 44.5 Å². The van der Waals surface area contributed by atoms with E-state index in [9.17, 15) is 4.79 Å². The highest BCUT2D eigenvalue weighted by atomic mass is 16.5. The normalized spacial score (nSPS) is 18.1. The summed E-state index contributed by atoms with van der Waals surface area (Å²) in [6.45, 7) is 4.17. The van der Waals surface area contributed by atoms with Gasteiger partial charge in [-0.25, -0.2) is 9.97 Å². The van der Waals surface area contributed by atoms with Crippen molar-refractivity contribution < 1.29 is 9.53 Å². The number of hydrogen-bond acceptors (Lipinski definition) is 5. The summed E-state index contributed by atoms with van der Waals surface area (Å²) in [5.41, 5.74) is 2.51. The third-order valence-corrected chi connectivity index (χ3v) is 5.60. The number of carbonyl (C=O) groups is 1. The molecular weight excluding hydrogens is 342 g/mol. The molecule has 3 heterocycles. The van der Waals surface area contributed by atoms with Crippen LogP contribution in [-0.2, 0) is 19.6 Å². The van der Waals surface area contributed by atoms with E-state index < -0.39 is 0 Å². The minimum absolute atomic E-state index is 0.125. The minimum Gasteiger partial charge on any atom is -0.481 e. The average molecular weight is 369 g/mol. The van der Waals surface area contributed by atoms with Gasteiger partial charge in [0.15, 0.2) is 0 Å². The van der Waals surface area contributed by atoms with Crippen molar-refractivity contribution in [1.82, 2.24) is 24.8 Å². The second-order valence-corrected chi connectivity index (χ2v) is 7.56. The molecule has 4 rings (SSSR count). The third kappa shape index (κ3) is 3.69. The first-order valence-electron chi connectivity index (χ1n) is 9.72. The summed E-state index contributed by atoms with van der Waals surface area (Å²) >= 11 is 0. The molecule has 1 N–H and O–H groups in total. The van der Waals surface area contributed by atoms with E-state index in [1.165, 1.54) is 12.8 Å². The van der Waals surface area contributed by atoms with Gasteiger partial charge in [-0.2, -0.15) is 0 Å². The zero-order valence-corrected chi connectivity index (χ0v) is 16.0. The minimum atomic E-state index is 0.125. The maximum Gasteiger partial charge on any atom is 0.256 e. The van der Waals surface area contributed by atoms with E-state index in [-0.39, 0.29) is 11.9 Å². The maximum absolute atomic E-state index is 12.9. The number of carbonyl (C=O) groups excluding carboxylic acids is 1. The van der Waals surface area contributed by atoms with Gasteiger partial charge in [0.05, 0.1) is 31.2 Å². The molecule has 0 spiro atoms. The van der Waals surface area contributed by atoms with E-state index in [4.69, 9.17) is 4.74 Å². The molecule has 0 bridgehead atoms. The molecule has 2 aliphatic rings. The van der Waals surface area contributed by atoms with Crippen molar-refractivity contribution in [3.8, 4) is 5.88 Å². The van der Waals surface area contributed by atoms with Crippen molar-refractivity contribution in [3.05, 3.63) is 41.6 Å². The van der Waals surface area contributed by atoms with Crippen molar-refractivity contribution in [1.29, 1.82) is 0 Å². The molecule has 1 aliphatic carbocycles. The Kier molecular flexibility index (Phi) is 5.11. The van der Waals surface area contributed by atoms with Crippen LogP contribution in [0.1, 0.15) is 54.2 Å². The molecular formula is C20H27N5O2. The highest BCUT2D eigenvalue weighted by molar-refractivity contribution is 5.98. The van der Waals surface area contributed by atoms with Crippen molar-refractivity contribution in [2.75, 3.05) is 7.11 Å². The summed E-state index contributed by atoms with van der Waals surface area (Å²) in [6, 6.07) is 2.59. The molecule has 1 saturated carbocycles. The number of methoxy groups -OCH3 is 1. The standard InChI is InChI=1S/C20H27N5O2/c1-14(11-24-8-7-21-13-24)22-10-15-9-17-18(23-19(15)27-2)12-25(20(17)26)16-5-3-4-6-16/h7-9,13-14,16,22H,3-6,10-12H2,1-2H3/t14-/m0/s1. The van der Waals surface area contributed by atoms with Crippen molar-refractivity contribution in [2.45, 2.75) is 64.3 Å². The summed E-state index contributed by atoms with van der Waals surface area (Å²) in [6.07, 6.45) is 10.2. The van der Waals surface area contributed by atoms with Gasteiger partial charge in [-0.15, -0.1) is 0 Å². The Morgan fingerprint density at radius 1 is 1.37 bits per heavy atom. The van der Waals surface area contributed by atoms with Crippen LogP contribution in [0.25, 0.3) is 0 Å². The highest BCUT2D eigenvalue weighted by Crippen LogP contribution is 2.33. The Balaban J connectivity index is 1.47. The number of aromatic nitrogens is 3. The number of nitrogens with zero attached hydrogens (tertiary/aromatic N) is 4. The third-order valence-electron chi connectivity index (χ3n) is 5.60. The highest BCUT2D eigenvalue weighted by Gasteiger charge is 2.35. The lowest BCUT2D eigenvalue weighted by molar-refractivity contribution is 0.0706. The molecule has 2 aromatic rings. The van der Waals surface area contributed by atoms with Crippen molar-refractivity contribution in [2.24, 2.45) is 0 Å². The molecule has 7 nitrogen and oxygen atoms in total. The first-order valence-corrected chi connectivity index (χ1v) is 9.72. The van der Waals surface area contributed by atoms with Gasteiger partial charge in [0.2, 0.25) is 5.88 Å². The number of hydrogen-bond donors (Lipinski definition) is 1. The molecule has 2 aromatic heterocycles. The van der Waals surface area contributed by atoms with E-state index in [2.05, 4.69) is 22.2 Å². The SMILES string of the molecule is COc1nc2c(cc1CN[C@@H](C)Cn1ccnc1)C(=O)N(C1CCCC1)C2. The van der Waals surface area contributed by atoms with Gasteiger partial charge < -0.3 is 19.5 Å². The van der Waals surface area contributed by atoms with E-state index in [0.29, 0.717) is 25.0 Å². The Bertz CT molecular complexity index is 799. The first kappa shape index (κ1) is 18.0. The van der Waals surface area contributed by atoms with E-state index >= 15 is 0 Å². The summed E-state index contributed by atoms with van der Waals surface area (Å²) < 4.78 is 7.55. The van der Waals surface area contributed by atoms with E-state index in [0.717, 1.165) is 36.2 Å². The molecule has 27 heavy (non-hydrogen) atoms. The molecule has 0 saturated heterocycles. The smallest absolute Gasteiger partial charge is 0.256 e. The van der Waals surface area contributed by atoms with Gasteiger partial charge in [0.25, 0.3) is 5.91 Å². The second-order valence-electron chi connectivity index (χ2n) is 7.56. The number of ether oxygens (including phenoxy) is 1. The Hall–Kier alpha value is -2.41. The quantitative estimate of drug-likeness (QED) is 0.811. The molecule has 1 atom stereocenters. The first-order chi connectivity index (χ1) is 13.2. The van der Waals surface area contributed by atoms with Gasteiger partial charge in [-0.05, 0) is 25.8 Å². The van der Waals surface area contributed by atoms with Gasteiger partial charge >= 0.3 is 0 Å². The fourth-order valence-electron chi connectivity index (χ4n) is 4.14. The van der Waals surface area contributed by atoms with E-state index in [1.807, 2.05) is 28.1 Å². The van der Waals surface area contributed by atoms with Crippen molar-refractivity contribution >= 4 is 5.91 Å². The predicted octanol–water partition coefficient (Wildman–Crippen LogP) is 2.36. The lowest BCUT2D eigenvalue weighted by atomic mass is 10.1. The Labute approximate surface area is 159 Å². The molecule has 0 radical (unpaired) electrons. The van der Waals surface area contributed by atoms with Crippen LogP contribution in [0.3, 0.4) is 0 Å². The largest absolute Gasteiger partial charge is 0.481 e. The van der Waals surface area contributed by atoms with Crippen LogP contribution in [0.4, 0.5) is 0 Å². The fourth-order valence-corrected chi connectivity index (χ4v) is 4.14. The molecule has 0 aromatic carbocycles. The predicted molar refractivity (Wildman–Crippen MR) is 101 cm³/mol. The number of imidazole rings is 1. The monoisotopic (exact) mass is 369 g/mol. The Morgan fingerprint density at radius 3 is 2.89 bits per heavy atom. The Morgan fingerprint density at radius 2 is 2.19 bits per heavy atom. The van der Waals surface area contributed by atoms with Crippen LogP contribution in [0.15, 0.2) is 24.8 Å². The van der Waals surface area contributed by atoms with Crippen molar-refractivity contribution in [3.63, 3.8) is 0 Å². The number of nitrogens with one attached hydrogen (secondary N) is 1. The van der Waals surface area contributed by atoms with Crippen LogP contribution in [0.2, 0.25) is 0 Å². The summed E-state index contributed by atoms with van der Waals surface area (Å²) in [5.74, 6) is 0.733. The van der Waals surface area contributed by atoms with Gasteiger partial charge in [-0.3, -0.25) is 4.79 Å². The summed E-state index contributed by atoms with van der Waals surface area (Å²) in [4.78, 5) is 23.6. The summed E-state index contributed by atoms with van der Waals surface area (Å²) in [7, 11) is 1.64. The van der Waals surface area contributed by atoms with Crippen LogP contribution < -0.4 is 10.1 Å². The lowest BCUT2D eigenvalue weighted by Gasteiger charge is -2.22. The van der Waals surface area contributed by atoms with Gasteiger partial charge in [-0.1, -0.05) is 12.8 Å². The van der Waals surface area contributed by atoms with E-state index in [1.54, 1.807) is 13.3 Å². The number of fused-ring (bicyclic) bond motifs is 1.